The Kier molecular flexibility index (Phi) is 4.21. The fraction of sp³-hybridized carbons (Fsp3) is 0.467. The third-order valence-electron chi connectivity index (χ3n) is 3.25. The molecule has 1 unspecified atom stereocenters. The Bertz CT molecular complexity index is 378. The van der Waals surface area contributed by atoms with E-state index < -0.39 is 0 Å². The maximum absolute atomic E-state index is 5.38. The lowest BCUT2D eigenvalue weighted by Crippen LogP contribution is -2.36. The van der Waals surface area contributed by atoms with Crippen LogP contribution in [0, 0.1) is 0 Å². The molecule has 1 aromatic carbocycles. The Hall–Kier alpha value is -1.28. The summed E-state index contributed by atoms with van der Waals surface area (Å²) in [6, 6.07) is 9.36. The van der Waals surface area contributed by atoms with Gasteiger partial charge in [-0.25, -0.2) is 0 Å². The average Bonchev–Trinajstić information content (AvgIpc) is 2.82. The number of hydrogen-bond acceptors (Lipinski definition) is 2. The van der Waals surface area contributed by atoms with Crippen LogP contribution in [0.25, 0.3) is 0 Å². The van der Waals surface area contributed by atoms with Gasteiger partial charge in [0.2, 0.25) is 0 Å². The predicted octanol–water partition coefficient (Wildman–Crippen LogP) is 2.93. The molecule has 1 atom stereocenters. The van der Waals surface area contributed by atoms with Gasteiger partial charge in [0.05, 0.1) is 7.11 Å². The van der Waals surface area contributed by atoms with Gasteiger partial charge in [0.1, 0.15) is 5.75 Å². The maximum Gasteiger partial charge on any atom is 0.122 e. The second-order valence-corrected chi connectivity index (χ2v) is 4.72. The van der Waals surface area contributed by atoms with Gasteiger partial charge in [-0.1, -0.05) is 30.4 Å². The monoisotopic (exact) mass is 231 g/mol. The first-order valence-electron chi connectivity index (χ1n) is 6.32. The first-order chi connectivity index (χ1) is 8.29. The summed E-state index contributed by atoms with van der Waals surface area (Å²) >= 11 is 0. The lowest BCUT2D eigenvalue weighted by atomic mass is 10.0. The van der Waals surface area contributed by atoms with Gasteiger partial charge < -0.3 is 10.1 Å². The minimum absolute atomic E-state index is 0.483. The fourth-order valence-electron chi connectivity index (χ4n) is 2.42. The highest BCUT2D eigenvalue weighted by molar-refractivity contribution is 5.33. The molecule has 1 aliphatic carbocycles. The molecular formula is C15H21NO. The molecule has 1 aliphatic rings. The van der Waals surface area contributed by atoms with Crippen molar-refractivity contribution in [3.8, 4) is 5.75 Å². The number of para-hydroxylation sites is 1. The highest BCUT2D eigenvalue weighted by atomic mass is 16.5. The summed E-state index contributed by atoms with van der Waals surface area (Å²) in [6.45, 7) is 2.24. The van der Waals surface area contributed by atoms with Crippen LogP contribution in [0.4, 0.5) is 0 Å². The van der Waals surface area contributed by atoms with E-state index in [1.807, 2.05) is 12.1 Å². The quantitative estimate of drug-likeness (QED) is 0.787. The van der Waals surface area contributed by atoms with Crippen LogP contribution in [0.2, 0.25) is 0 Å². The molecule has 0 heterocycles. The Morgan fingerprint density at radius 2 is 2.00 bits per heavy atom. The zero-order valence-corrected chi connectivity index (χ0v) is 10.6. The Labute approximate surface area is 104 Å². The SMILES string of the molecule is COc1ccccc1CC(C)NC1CC=CC1. The van der Waals surface area contributed by atoms with Crippen molar-refractivity contribution in [2.45, 2.75) is 38.3 Å². The van der Waals surface area contributed by atoms with Crippen LogP contribution in [-0.2, 0) is 6.42 Å². The summed E-state index contributed by atoms with van der Waals surface area (Å²) < 4.78 is 5.38. The molecule has 1 aromatic rings. The number of benzene rings is 1. The number of methoxy groups -OCH3 is 1. The molecule has 2 heteroatoms. The number of ether oxygens (including phenoxy) is 1. The molecule has 17 heavy (non-hydrogen) atoms. The van der Waals surface area contributed by atoms with Crippen molar-refractivity contribution in [2.24, 2.45) is 0 Å². The third-order valence-corrected chi connectivity index (χ3v) is 3.25. The van der Waals surface area contributed by atoms with E-state index in [1.165, 1.54) is 5.56 Å². The lowest BCUT2D eigenvalue weighted by Gasteiger charge is -2.20. The predicted molar refractivity (Wildman–Crippen MR) is 71.5 cm³/mol. The van der Waals surface area contributed by atoms with Gasteiger partial charge in [0.25, 0.3) is 0 Å². The molecule has 0 radical (unpaired) electrons. The summed E-state index contributed by atoms with van der Waals surface area (Å²) in [5.41, 5.74) is 1.28. The molecule has 0 fully saturated rings. The van der Waals surface area contributed by atoms with Gasteiger partial charge in [-0.3, -0.25) is 0 Å². The van der Waals surface area contributed by atoms with E-state index in [0.717, 1.165) is 25.0 Å². The number of hydrogen-bond donors (Lipinski definition) is 1. The fourth-order valence-corrected chi connectivity index (χ4v) is 2.42. The van der Waals surface area contributed by atoms with Crippen molar-refractivity contribution in [1.82, 2.24) is 5.32 Å². The largest absolute Gasteiger partial charge is 0.496 e. The highest BCUT2D eigenvalue weighted by Crippen LogP contribution is 2.19. The van der Waals surface area contributed by atoms with Crippen LogP contribution in [0.3, 0.4) is 0 Å². The minimum atomic E-state index is 0.483. The van der Waals surface area contributed by atoms with Crippen LogP contribution >= 0.6 is 0 Å². The van der Waals surface area contributed by atoms with E-state index in [1.54, 1.807) is 7.11 Å². The molecule has 2 nitrogen and oxygen atoms in total. The van der Waals surface area contributed by atoms with Crippen molar-refractivity contribution in [3.05, 3.63) is 42.0 Å². The molecule has 92 valence electrons. The van der Waals surface area contributed by atoms with Gasteiger partial charge in [-0.05, 0) is 37.8 Å². The van der Waals surface area contributed by atoms with Crippen LogP contribution in [0.5, 0.6) is 5.75 Å². The molecule has 1 N–H and O–H groups in total. The van der Waals surface area contributed by atoms with E-state index >= 15 is 0 Å². The van der Waals surface area contributed by atoms with E-state index in [2.05, 4.69) is 36.5 Å². The van der Waals surface area contributed by atoms with E-state index in [0.29, 0.717) is 12.1 Å². The summed E-state index contributed by atoms with van der Waals surface area (Å²) in [5, 5.41) is 3.66. The molecule has 0 saturated heterocycles. The number of rotatable bonds is 5. The van der Waals surface area contributed by atoms with Crippen LogP contribution in [-0.4, -0.2) is 19.2 Å². The lowest BCUT2D eigenvalue weighted by molar-refractivity contribution is 0.401. The molecular weight excluding hydrogens is 210 g/mol. The average molecular weight is 231 g/mol. The van der Waals surface area contributed by atoms with Crippen molar-refractivity contribution in [1.29, 1.82) is 0 Å². The summed E-state index contributed by atoms with van der Waals surface area (Å²) in [6.07, 6.45) is 7.86. The maximum atomic E-state index is 5.38. The van der Waals surface area contributed by atoms with E-state index in [4.69, 9.17) is 4.74 Å². The van der Waals surface area contributed by atoms with Crippen molar-refractivity contribution < 1.29 is 4.74 Å². The normalized spacial score (nSPS) is 17.3. The number of nitrogens with one attached hydrogen (secondary N) is 1. The van der Waals surface area contributed by atoms with Crippen LogP contribution < -0.4 is 10.1 Å². The molecule has 2 rings (SSSR count). The third kappa shape index (κ3) is 3.34. The summed E-state index contributed by atoms with van der Waals surface area (Å²) in [7, 11) is 1.73. The molecule has 0 amide bonds. The van der Waals surface area contributed by atoms with Crippen molar-refractivity contribution in [2.75, 3.05) is 7.11 Å². The summed E-state index contributed by atoms with van der Waals surface area (Å²) in [4.78, 5) is 0. The van der Waals surface area contributed by atoms with Gasteiger partial charge in [0.15, 0.2) is 0 Å². The standard InChI is InChI=1S/C15H21NO/c1-12(16-14-8-4-5-9-14)11-13-7-3-6-10-15(13)17-2/h3-7,10,12,14,16H,8-9,11H2,1-2H3. The van der Waals surface area contributed by atoms with Gasteiger partial charge in [-0.2, -0.15) is 0 Å². The van der Waals surface area contributed by atoms with Crippen molar-refractivity contribution in [3.63, 3.8) is 0 Å². The Balaban J connectivity index is 1.90. The first-order valence-corrected chi connectivity index (χ1v) is 6.32. The van der Waals surface area contributed by atoms with E-state index in [-0.39, 0.29) is 0 Å². The van der Waals surface area contributed by atoms with Gasteiger partial charge >= 0.3 is 0 Å². The smallest absolute Gasteiger partial charge is 0.122 e. The molecule has 0 bridgehead atoms. The van der Waals surface area contributed by atoms with E-state index in [9.17, 15) is 0 Å². The van der Waals surface area contributed by atoms with Gasteiger partial charge in [0, 0.05) is 12.1 Å². The molecule has 0 aliphatic heterocycles. The molecule has 0 saturated carbocycles. The van der Waals surface area contributed by atoms with Crippen molar-refractivity contribution >= 4 is 0 Å². The molecule has 0 spiro atoms. The summed E-state index contributed by atoms with van der Waals surface area (Å²) in [5.74, 6) is 0.991. The van der Waals surface area contributed by atoms with Gasteiger partial charge in [-0.15, -0.1) is 0 Å². The minimum Gasteiger partial charge on any atom is -0.496 e. The Morgan fingerprint density at radius 1 is 1.29 bits per heavy atom. The second kappa shape index (κ2) is 5.87. The van der Waals surface area contributed by atoms with Crippen LogP contribution in [0.1, 0.15) is 25.3 Å². The first kappa shape index (κ1) is 12.2. The van der Waals surface area contributed by atoms with Crippen LogP contribution in [0.15, 0.2) is 36.4 Å². The topological polar surface area (TPSA) is 21.3 Å². The highest BCUT2D eigenvalue weighted by Gasteiger charge is 2.14. The molecule has 0 aromatic heterocycles. The Morgan fingerprint density at radius 3 is 2.71 bits per heavy atom. The zero-order chi connectivity index (χ0) is 12.1. The second-order valence-electron chi connectivity index (χ2n) is 4.72. The zero-order valence-electron chi connectivity index (χ0n) is 10.6.